The standard InChI is InChI=1S/C12H9BrFNOS/c1-6-4-10(17-12(6)13)11(16)8-3-2-7(14)5-9(8)15/h2-5H,15H2,1H3. The van der Waals surface area contributed by atoms with Crippen LogP contribution in [0, 0.1) is 12.7 Å². The maximum absolute atomic E-state index is 12.9. The summed E-state index contributed by atoms with van der Waals surface area (Å²) in [7, 11) is 0. The van der Waals surface area contributed by atoms with Gasteiger partial charge in [0.25, 0.3) is 0 Å². The Morgan fingerprint density at radius 1 is 1.41 bits per heavy atom. The number of aryl methyl sites for hydroxylation is 1. The van der Waals surface area contributed by atoms with Crippen molar-refractivity contribution >= 4 is 38.7 Å². The van der Waals surface area contributed by atoms with Gasteiger partial charge in [0.15, 0.2) is 0 Å². The number of anilines is 1. The molecule has 1 aromatic carbocycles. The van der Waals surface area contributed by atoms with Crippen molar-refractivity contribution in [1.29, 1.82) is 0 Å². The molecule has 17 heavy (non-hydrogen) atoms. The number of ketones is 1. The van der Waals surface area contributed by atoms with Crippen molar-refractivity contribution in [2.45, 2.75) is 6.92 Å². The molecule has 0 aliphatic heterocycles. The molecular weight excluding hydrogens is 305 g/mol. The molecular formula is C12H9BrFNOS. The lowest BCUT2D eigenvalue weighted by molar-refractivity contribution is 0.104. The maximum Gasteiger partial charge on any atom is 0.205 e. The van der Waals surface area contributed by atoms with Crippen molar-refractivity contribution in [3.05, 3.63) is 49.9 Å². The summed E-state index contributed by atoms with van der Waals surface area (Å²) < 4.78 is 13.8. The summed E-state index contributed by atoms with van der Waals surface area (Å²) in [5.41, 5.74) is 7.13. The molecule has 1 aromatic heterocycles. The molecule has 88 valence electrons. The summed E-state index contributed by atoms with van der Waals surface area (Å²) in [6.45, 7) is 1.91. The summed E-state index contributed by atoms with van der Waals surface area (Å²) in [5, 5.41) is 0. The van der Waals surface area contributed by atoms with E-state index >= 15 is 0 Å². The molecule has 2 rings (SSSR count). The van der Waals surface area contributed by atoms with Crippen LogP contribution in [0.1, 0.15) is 20.8 Å². The fourth-order valence-electron chi connectivity index (χ4n) is 1.44. The zero-order valence-electron chi connectivity index (χ0n) is 8.96. The Kier molecular flexibility index (Phi) is 3.31. The second kappa shape index (κ2) is 4.58. The highest BCUT2D eigenvalue weighted by molar-refractivity contribution is 9.11. The zero-order valence-corrected chi connectivity index (χ0v) is 11.4. The van der Waals surface area contributed by atoms with E-state index in [0.717, 1.165) is 15.4 Å². The highest BCUT2D eigenvalue weighted by Crippen LogP contribution is 2.30. The fourth-order valence-corrected chi connectivity index (χ4v) is 2.93. The highest BCUT2D eigenvalue weighted by atomic mass is 79.9. The van der Waals surface area contributed by atoms with Crippen molar-refractivity contribution in [1.82, 2.24) is 0 Å². The minimum Gasteiger partial charge on any atom is -0.398 e. The van der Waals surface area contributed by atoms with Gasteiger partial charge < -0.3 is 5.73 Å². The topological polar surface area (TPSA) is 43.1 Å². The van der Waals surface area contributed by atoms with E-state index < -0.39 is 5.82 Å². The third-order valence-electron chi connectivity index (χ3n) is 2.34. The molecule has 0 aliphatic carbocycles. The first-order valence-electron chi connectivity index (χ1n) is 4.84. The number of thiophene rings is 1. The number of hydrogen-bond acceptors (Lipinski definition) is 3. The van der Waals surface area contributed by atoms with E-state index in [-0.39, 0.29) is 11.5 Å². The van der Waals surface area contributed by atoms with Gasteiger partial charge in [-0.25, -0.2) is 4.39 Å². The second-order valence-corrected chi connectivity index (χ2v) is 6.00. The van der Waals surface area contributed by atoms with Gasteiger partial charge in [-0.1, -0.05) is 0 Å². The number of hydrogen-bond donors (Lipinski definition) is 1. The Hall–Kier alpha value is -1.20. The molecule has 2 nitrogen and oxygen atoms in total. The minimum atomic E-state index is -0.442. The van der Waals surface area contributed by atoms with Gasteiger partial charge in [-0.2, -0.15) is 0 Å². The normalized spacial score (nSPS) is 10.5. The van der Waals surface area contributed by atoms with Gasteiger partial charge in [0, 0.05) is 11.3 Å². The smallest absolute Gasteiger partial charge is 0.205 e. The molecule has 0 saturated carbocycles. The average Bonchev–Trinajstić information content (AvgIpc) is 2.58. The van der Waals surface area contributed by atoms with Gasteiger partial charge >= 0.3 is 0 Å². The molecule has 0 atom stereocenters. The van der Waals surface area contributed by atoms with Gasteiger partial charge in [-0.05, 0) is 52.7 Å². The first kappa shape index (κ1) is 12.3. The SMILES string of the molecule is Cc1cc(C(=O)c2ccc(F)cc2N)sc1Br. The predicted molar refractivity (Wildman–Crippen MR) is 71.0 cm³/mol. The zero-order chi connectivity index (χ0) is 12.6. The molecule has 0 amide bonds. The van der Waals surface area contributed by atoms with E-state index in [1.165, 1.54) is 23.5 Å². The van der Waals surface area contributed by atoms with Gasteiger partial charge in [0.1, 0.15) is 5.82 Å². The largest absolute Gasteiger partial charge is 0.398 e. The molecule has 0 fully saturated rings. The summed E-state index contributed by atoms with van der Waals surface area (Å²) in [6, 6.07) is 5.59. The molecule has 2 N–H and O–H groups in total. The summed E-state index contributed by atoms with van der Waals surface area (Å²) in [6.07, 6.45) is 0. The number of halogens is 2. The van der Waals surface area contributed by atoms with Crippen molar-refractivity contribution in [2.24, 2.45) is 0 Å². The van der Waals surface area contributed by atoms with E-state index in [4.69, 9.17) is 5.73 Å². The van der Waals surface area contributed by atoms with Crippen molar-refractivity contribution in [3.63, 3.8) is 0 Å². The van der Waals surface area contributed by atoms with Crippen LogP contribution in [-0.4, -0.2) is 5.78 Å². The molecule has 0 unspecified atom stereocenters. The molecule has 0 radical (unpaired) electrons. The Bertz CT molecular complexity index is 575. The molecule has 5 heteroatoms. The number of carbonyl (C=O) groups excluding carboxylic acids is 1. The average molecular weight is 314 g/mol. The van der Waals surface area contributed by atoms with Crippen LogP contribution in [0.2, 0.25) is 0 Å². The summed E-state index contributed by atoms with van der Waals surface area (Å²) in [4.78, 5) is 12.7. The van der Waals surface area contributed by atoms with Crippen LogP contribution in [0.3, 0.4) is 0 Å². The number of benzene rings is 1. The van der Waals surface area contributed by atoms with Crippen molar-refractivity contribution < 1.29 is 9.18 Å². The lowest BCUT2D eigenvalue weighted by atomic mass is 10.1. The predicted octanol–water partition coefficient (Wildman–Crippen LogP) is 3.77. The second-order valence-electron chi connectivity index (χ2n) is 3.63. The lowest BCUT2D eigenvalue weighted by Crippen LogP contribution is -2.03. The first-order chi connectivity index (χ1) is 7.99. The molecule has 0 bridgehead atoms. The lowest BCUT2D eigenvalue weighted by Gasteiger charge is -2.02. The van der Waals surface area contributed by atoms with E-state index in [0.29, 0.717) is 10.4 Å². The van der Waals surface area contributed by atoms with Gasteiger partial charge in [0.05, 0.1) is 8.66 Å². The Labute approximate surface area is 110 Å². The number of nitrogen functional groups attached to an aromatic ring is 1. The van der Waals surface area contributed by atoms with Crippen LogP contribution in [0.15, 0.2) is 28.1 Å². The van der Waals surface area contributed by atoms with E-state index in [1.54, 1.807) is 6.07 Å². The summed E-state index contributed by atoms with van der Waals surface area (Å²) >= 11 is 4.71. The first-order valence-corrected chi connectivity index (χ1v) is 6.45. The molecule has 0 spiro atoms. The number of carbonyl (C=O) groups is 1. The molecule has 0 saturated heterocycles. The molecule has 0 aliphatic rings. The number of rotatable bonds is 2. The molecule has 1 heterocycles. The minimum absolute atomic E-state index is 0.164. The number of nitrogens with two attached hydrogens (primary N) is 1. The van der Waals surface area contributed by atoms with Gasteiger partial charge in [-0.15, -0.1) is 11.3 Å². The van der Waals surface area contributed by atoms with Crippen LogP contribution in [0.25, 0.3) is 0 Å². The summed E-state index contributed by atoms with van der Waals surface area (Å²) in [5.74, 6) is -0.621. The third-order valence-corrected chi connectivity index (χ3v) is 4.47. The Balaban J connectivity index is 2.43. The highest BCUT2D eigenvalue weighted by Gasteiger charge is 2.16. The van der Waals surface area contributed by atoms with Crippen LogP contribution in [0.5, 0.6) is 0 Å². The van der Waals surface area contributed by atoms with Gasteiger partial charge in [0.2, 0.25) is 5.78 Å². The maximum atomic E-state index is 12.9. The quantitative estimate of drug-likeness (QED) is 0.677. The monoisotopic (exact) mass is 313 g/mol. The van der Waals surface area contributed by atoms with Gasteiger partial charge in [-0.3, -0.25) is 4.79 Å². The van der Waals surface area contributed by atoms with Crippen LogP contribution >= 0.6 is 27.3 Å². The van der Waals surface area contributed by atoms with Crippen LogP contribution in [0.4, 0.5) is 10.1 Å². The van der Waals surface area contributed by atoms with Crippen molar-refractivity contribution in [3.8, 4) is 0 Å². The third kappa shape index (κ3) is 2.40. The van der Waals surface area contributed by atoms with E-state index in [1.807, 2.05) is 6.92 Å². The Morgan fingerprint density at radius 3 is 2.65 bits per heavy atom. The Morgan fingerprint density at radius 2 is 2.12 bits per heavy atom. The van der Waals surface area contributed by atoms with Crippen LogP contribution in [-0.2, 0) is 0 Å². The van der Waals surface area contributed by atoms with E-state index in [2.05, 4.69) is 15.9 Å². The fraction of sp³-hybridized carbons (Fsp3) is 0.0833. The van der Waals surface area contributed by atoms with E-state index in [9.17, 15) is 9.18 Å². The van der Waals surface area contributed by atoms with Crippen LogP contribution < -0.4 is 5.73 Å². The van der Waals surface area contributed by atoms with Crippen molar-refractivity contribution in [2.75, 3.05) is 5.73 Å². The molecule has 2 aromatic rings.